The number of H-pyrrole nitrogens is 1. The highest BCUT2D eigenvalue weighted by atomic mass is 16.5. The molecular formula is C18H19N5O3. The number of rotatable bonds is 6. The normalized spacial score (nSPS) is 13.9. The molecule has 2 amide bonds. The molecule has 0 unspecified atom stereocenters. The van der Waals surface area contributed by atoms with Crippen LogP contribution in [-0.2, 0) is 6.42 Å². The molecule has 8 heteroatoms. The van der Waals surface area contributed by atoms with Crippen molar-refractivity contribution >= 4 is 28.6 Å². The maximum Gasteiger partial charge on any atom is 0.265 e. The van der Waals surface area contributed by atoms with Crippen molar-refractivity contribution in [1.29, 1.82) is 0 Å². The summed E-state index contributed by atoms with van der Waals surface area (Å²) in [6.07, 6.45) is 5.24. The smallest absolute Gasteiger partial charge is 0.265 e. The fraction of sp³-hybridized carbons (Fsp3) is 0.333. The van der Waals surface area contributed by atoms with Gasteiger partial charge in [0.2, 0.25) is 0 Å². The minimum Gasteiger partial charge on any atom is -0.364 e. The Bertz CT molecular complexity index is 1000. The molecule has 1 aliphatic rings. The van der Waals surface area contributed by atoms with Crippen molar-refractivity contribution in [3.05, 3.63) is 41.0 Å². The van der Waals surface area contributed by atoms with Crippen molar-refractivity contribution in [2.24, 2.45) is 5.73 Å². The minimum atomic E-state index is -0.586. The van der Waals surface area contributed by atoms with Crippen LogP contribution in [0, 0.1) is 0 Å². The molecule has 134 valence electrons. The van der Waals surface area contributed by atoms with E-state index in [2.05, 4.69) is 20.4 Å². The number of nitrogens with two attached hydrogens (primary N) is 1. The lowest BCUT2D eigenvalue weighted by molar-refractivity contribution is 0.0993. The maximum absolute atomic E-state index is 12.9. The molecule has 0 radical (unpaired) electrons. The van der Waals surface area contributed by atoms with Gasteiger partial charge >= 0.3 is 0 Å². The molecule has 8 nitrogen and oxygen atoms in total. The summed E-state index contributed by atoms with van der Waals surface area (Å²) in [6.45, 7) is 2.04. The van der Waals surface area contributed by atoms with Gasteiger partial charge in [-0.05, 0) is 31.4 Å². The topological polar surface area (TPSA) is 127 Å². The molecule has 1 fully saturated rings. The van der Waals surface area contributed by atoms with Gasteiger partial charge < -0.3 is 20.6 Å². The van der Waals surface area contributed by atoms with E-state index in [0.29, 0.717) is 34.7 Å². The van der Waals surface area contributed by atoms with Crippen LogP contribution in [0.25, 0.3) is 11.1 Å². The second kappa shape index (κ2) is 6.29. The molecule has 0 atom stereocenters. The summed E-state index contributed by atoms with van der Waals surface area (Å²) in [7, 11) is 0. The van der Waals surface area contributed by atoms with E-state index < -0.39 is 5.91 Å². The Kier molecular flexibility index (Phi) is 3.95. The van der Waals surface area contributed by atoms with Crippen LogP contribution in [0.4, 0.5) is 5.69 Å². The molecule has 3 aromatic heterocycles. The number of primary amides is 1. The van der Waals surface area contributed by atoms with Crippen molar-refractivity contribution in [2.75, 3.05) is 5.32 Å². The fourth-order valence-electron chi connectivity index (χ4n) is 3.01. The molecule has 26 heavy (non-hydrogen) atoms. The largest absolute Gasteiger partial charge is 0.364 e. The monoisotopic (exact) mass is 353 g/mol. The summed E-state index contributed by atoms with van der Waals surface area (Å²) in [5.74, 6) is -0.508. The highest BCUT2D eigenvalue weighted by molar-refractivity contribution is 6.12. The van der Waals surface area contributed by atoms with Crippen molar-refractivity contribution in [2.45, 2.75) is 38.5 Å². The summed E-state index contributed by atoms with van der Waals surface area (Å²) in [5.41, 5.74) is 8.40. The first kappa shape index (κ1) is 16.3. The van der Waals surface area contributed by atoms with E-state index in [1.165, 1.54) is 12.3 Å². The molecule has 0 aromatic carbocycles. The van der Waals surface area contributed by atoms with Gasteiger partial charge in [-0.1, -0.05) is 18.5 Å². The minimum absolute atomic E-state index is 0.232. The van der Waals surface area contributed by atoms with Crippen LogP contribution in [0.5, 0.6) is 0 Å². The summed E-state index contributed by atoms with van der Waals surface area (Å²) in [5, 5.41) is 7.55. The van der Waals surface area contributed by atoms with E-state index >= 15 is 0 Å². The molecular weight excluding hydrogens is 334 g/mol. The fourth-order valence-corrected chi connectivity index (χ4v) is 3.01. The Morgan fingerprint density at radius 1 is 1.38 bits per heavy atom. The van der Waals surface area contributed by atoms with E-state index in [1.807, 2.05) is 13.0 Å². The third kappa shape index (κ3) is 2.94. The second-order valence-electron chi connectivity index (χ2n) is 6.55. The van der Waals surface area contributed by atoms with Gasteiger partial charge in [-0.2, -0.15) is 0 Å². The maximum atomic E-state index is 12.9. The number of aryl methyl sites for hydroxylation is 1. The van der Waals surface area contributed by atoms with Crippen LogP contribution < -0.4 is 11.1 Å². The molecule has 3 aromatic rings. The SMILES string of the molecule is CCCc1noc2nc(C3CC3)cc(C(=O)Nc3c[nH]c(C(N)=O)c3)c12. The predicted molar refractivity (Wildman–Crippen MR) is 95.0 cm³/mol. The van der Waals surface area contributed by atoms with Crippen LogP contribution in [0.1, 0.15) is 64.3 Å². The molecule has 4 rings (SSSR count). The summed E-state index contributed by atoms with van der Waals surface area (Å²) >= 11 is 0. The van der Waals surface area contributed by atoms with Gasteiger partial charge in [0, 0.05) is 17.8 Å². The molecule has 4 N–H and O–H groups in total. The first-order valence-electron chi connectivity index (χ1n) is 8.65. The number of aromatic nitrogens is 3. The third-order valence-corrected chi connectivity index (χ3v) is 4.47. The Balaban J connectivity index is 1.73. The lowest BCUT2D eigenvalue weighted by Crippen LogP contribution is -2.13. The van der Waals surface area contributed by atoms with E-state index in [1.54, 1.807) is 0 Å². The lowest BCUT2D eigenvalue weighted by Gasteiger charge is -2.07. The first-order chi connectivity index (χ1) is 12.6. The van der Waals surface area contributed by atoms with Gasteiger partial charge in [0.15, 0.2) is 0 Å². The standard InChI is InChI=1S/C18H19N5O3/c1-2-3-12-15-11(7-13(9-4-5-9)22-18(15)26-23-12)17(25)21-10-6-14(16(19)24)20-8-10/h6-9,20H,2-5H2,1H3,(H2,19,24)(H,21,25). The third-order valence-electron chi connectivity index (χ3n) is 4.47. The molecule has 1 aliphatic carbocycles. The predicted octanol–water partition coefficient (Wildman–Crippen LogP) is 2.73. The first-order valence-corrected chi connectivity index (χ1v) is 8.65. The van der Waals surface area contributed by atoms with E-state index in [-0.39, 0.29) is 11.6 Å². The number of hydrogen-bond donors (Lipinski definition) is 3. The number of nitrogens with zero attached hydrogens (tertiary/aromatic N) is 2. The van der Waals surface area contributed by atoms with Crippen LogP contribution in [0.2, 0.25) is 0 Å². The van der Waals surface area contributed by atoms with Crippen LogP contribution in [0.15, 0.2) is 22.9 Å². The molecule has 0 spiro atoms. The number of pyridine rings is 1. The Morgan fingerprint density at radius 3 is 2.85 bits per heavy atom. The zero-order valence-electron chi connectivity index (χ0n) is 14.3. The Morgan fingerprint density at radius 2 is 2.19 bits per heavy atom. The lowest BCUT2D eigenvalue weighted by atomic mass is 10.0. The molecule has 1 saturated carbocycles. The number of aromatic amines is 1. The van der Waals surface area contributed by atoms with Crippen molar-refractivity contribution in [3.63, 3.8) is 0 Å². The summed E-state index contributed by atoms with van der Waals surface area (Å²) < 4.78 is 5.39. The van der Waals surface area contributed by atoms with Gasteiger partial charge in [0.1, 0.15) is 5.69 Å². The average molecular weight is 353 g/mol. The molecule has 0 bridgehead atoms. The zero-order chi connectivity index (χ0) is 18.3. The van der Waals surface area contributed by atoms with Crippen molar-refractivity contribution in [1.82, 2.24) is 15.1 Å². The number of fused-ring (bicyclic) bond motifs is 1. The van der Waals surface area contributed by atoms with Gasteiger partial charge in [0.05, 0.1) is 22.3 Å². The van der Waals surface area contributed by atoms with Gasteiger partial charge in [-0.25, -0.2) is 4.98 Å². The molecule has 0 saturated heterocycles. The van der Waals surface area contributed by atoms with Gasteiger partial charge in [-0.3, -0.25) is 9.59 Å². The molecule has 3 heterocycles. The average Bonchev–Trinajstić information content (AvgIpc) is 3.24. The highest BCUT2D eigenvalue weighted by Crippen LogP contribution is 2.40. The van der Waals surface area contributed by atoms with Crippen molar-refractivity contribution in [3.8, 4) is 0 Å². The van der Waals surface area contributed by atoms with Gasteiger partial charge in [-0.15, -0.1) is 0 Å². The van der Waals surface area contributed by atoms with Crippen LogP contribution >= 0.6 is 0 Å². The Hall–Kier alpha value is -3.16. The quantitative estimate of drug-likeness (QED) is 0.628. The summed E-state index contributed by atoms with van der Waals surface area (Å²) in [4.78, 5) is 31.4. The number of hydrogen-bond acceptors (Lipinski definition) is 5. The molecule has 0 aliphatic heterocycles. The van der Waals surface area contributed by atoms with E-state index in [4.69, 9.17) is 10.3 Å². The number of nitrogens with one attached hydrogen (secondary N) is 2. The van der Waals surface area contributed by atoms with E-state index in [9.17, 15) is 9.59 Å². The highest BCUT2D eigenvalue weighted by Gasteiger charge is 2.29. The van der Waals surface area contributed by atoms with Crippen LogP contribution in [-0.4, -0.2) is 26.9 Å². The van der Waals surface area contributed by atoms with Crippen LogP contribution in [0.3, 0.4) is 0 Å². The summed E-state index contributed by atoms with van der Waals surface area (Å²) in [6, 6.07) is 3.33. The van der Waals surface area contributed by atoms with Gasteiger partial charge in [0.25, 0.3) is 17.5 Å². The number of amides is 2. The van der Waals surface area contributed by atoms with Crippen molar-refractivity contribution < 1.29 is 14.1 Å². The Labute approximate surface area is 149 Å². The second-order valence-corrected chi connectivity index (χ2v) is 6.55. The number of carbonyl (C=O) groups excluding carboxylic acids is 2. The zero-order valence-corrected chi connectivity index (χ0v) is 14.3. The van der Waals surface area contributed by atoms with E-state index in [0.717, 1.165) is 30.7 Å². The number of carbonyl (C=O) groups is 2. The number of anilines is 1.